The van der Waals surface area contributed by atoms with Crippen LogP contribution in [-0.2, 0) is 4.74 Å². The van der Waals surface area contributed by atoms with Crippen molar-refractivity contribution >= 4 is 0 Å². The van der Waals surface area contributed by atoms with Gasteiger partial charge in [0.1, 0.15) is 0 Å². The smallest absolute Gasteiger partial charge is 0.0870 e. The maximum atomic E-state index is 6.63. The highest BCUT2D eigenvalue weighted by Crippen LogP contribution is 2.46. The largest absolute Gasteiger partial charge is 0.376 e. The number of rotatable bonds is 3. The van der Waals surface area contributed by atoms with E-state index < -0.39 is 0 Å². The molecule has 0 amide bonds. The predicted molar refractivity (Wildman–Crippen MR) is 84.8 cm³/mol. The molecule has 2 rings (SSSR count). The molecule has 0 aromatic heterocycles. The molecule has 1 atom stereocenters. The van der Waals surface area contributed by atoms with Gasteiger partial charge in [-0.05, 0) is 56.1 Å². The first kappa shape index (κ1) is 15.5. The molecule has 1 saturated carbocycles. The summed E-state index contributed by atoms with van der Waals surface area (Å²) in [5.41, 5.74) is 10.6. The summed E-state index contributed by atoms with van der Waals surface area (Å²) < 4.78 is 5.95. The third kappa shape index (κ3) is 2.91. The van der Waals surface area contributed by atoms with Crippen LogP contribution >= 0.6 is 0 Å². The first-order chi connectivity index (χ1) is 9.30. The van der Waals surface area contributed by atoms with Crippen LogP contribution in [0, 0.1) is 19.3 Å². The van der Waals surface area contributed by atoms with Gasteiger partial charge in [0.05, 0.1) is 11.6 Å². The van der Waals surface area contributed by atoms with Crippen LogP contribution in [0.2, 0.25) is 0 Å². The van der Waals surface area contributed by atoms with E-state index in [2.05, 4.69) is 45.9 Å². The van der Waals surface area contributed by atoms with Gasteiger partial charge in [0.15, 0.2) is 0 Å². The normalized spacial score (nSPS) is 22.5. The molecule has 0 radical (unpaired) electrons. The van der Waals surface area contributed by atoms with Crippen molar-refractivity contribution < 1.29 is 4.74 Å². The molecular formula is C18H29NO. The average Bonchev–Trinajstić information content (AvgIpc) is 2.39. The molecule has 0 saturated heterocycles. The number of aryl methyl sites for hydroxylation is 2. The van der Waals surface area contributed by atoms with Crippen molar-refractivity contribution in [3.63, 3.8) is 0 Å². The van der Waals surface area contributed by atoms with Crippen molar-refractivity contribution in [3.8, 4) is 0 Å². The lowest BCUT2D eigenvalue weighted by Gasteiger charge is -2.46. The van der Waals surface area contributed by atoms with Gasteiger partial charge in [0.2, 0.25) is 0 Å². The topological polar surface area (TPSA) is 35.2 Å². The highest BCUT2D eigenvalue weighted by atomic mass is 16.5. The van der Waals surface area contributed by atoms with Crippen LogP contribution in [0.1, 0.15) is 62.3 Å². The Labute approximate surface area is 123 Å². The van der Waals surface area contributed by atoms with Crippen LogP contribution in [0.15, 0.2) is 18.2 Å². The molecule has 1 unspecified atom stereocenters. The van der Waals surface area contributed by atoms with E-state index in [1.807, 2.05) is 7.11 Å². The number of hydrogen-bond donors (Lipinski definition) is 1. The van der Waals surface area contributed by atoms with Crippen LogP contribution in [0.25, 0.3) is 0 Å². The van der Waals surface area contributed by atoms with Gasteiger partial charge in [-0.25, -0.2) is 0 Å². The predicted octanol–water partition coefficient (Wildman–Crippen LogP) is 4.29. The molecular weight excluding hydrogens is 246 g/mol. The first-order valence-corrected chi connectivity index (χ1v) is 7.68. The summed E-state index contributed by atoms with van der Waals surface area (Å²) in [5, 5.41) is 0. The third-order valence-electron chi connectivity index (χ3n) is 5.18. The molecule has 1 fully saturated rings. The molecule has 1 aliphatic carbocycles. The van der Waals surface area contributed by atoms with Crippen LogP contribution in [0.3, 0.4) is 0 Å². The van der Waals surface area contributed by atoms with Crippen molar-refractivity contribution in [3.05, 3.63) is 34.9 Å². The van der Waals surface area contributed by atoms with E-state index in [1.54, 1.807) is 0 Å². The lowest BCUT2D eigenvalue weighted by molar-refractivity contribution is -0.0795. The Kier molecular flexibility index (Phi) is 4.27. The third-order valence-corrected chi connectivity index (χ3v) is 5.18. The minimum atomic E-state index is -0.199. The standard InChI is InChI=1S/C18H29NO/c1-13-6-7-15(14(2)12-13)16(19)18(20-5)10-8-17(3,4)9-11-18/h6-7,12,16H,8-11,19H2,1-5H3. The summed E-state index contributed by atoms with van der Waals surface area (Å²) >= 11 is 0. The van der Waals surface area contributed by atoms with Gasteiger partial charge in [-0.1, -0.05) is 37.6 Å². The number of benzene rings is 1. The van der Waals surface area contributed by atoms with E-state index in [-0.39, 0.29) is 11.6 Å². The Morgan fingerprint density at radius 1 is 1.10 bits per heavy atom. The molecule has 1 aromatic rings. The Morgan fingerprint density at radius 2 is 1.70 bits per heavy atom. The van der Waals surface area contributed by atoms with Gasteiger partial charge >= 0.3 is 0 Å². The lowest BCUT2D eigenvalue weighted by atomic mass is 9.67. The zero-order valence-corrected chi connectivity index (χ0v) is 13.6. The molecule has 0 heterocycles. The number of methoxy groups -OCH3 is 1. The molecule has 2 N–H and O–H groups in total. The number of nitrogens with two attached hydrogens (primary N) is 1. The fourth-order valence-corrected chi connectivity index (χ4v) is 3.45. The van der Waals surface area contributed by atoms with E-state index in [4.69, 9.17) is 10.5 Å². The molecule has 0 bridgehead atoms. The Hall–Kier alpha value is -0.860. The Morgan fingerprint density at radius 3 is 2.20 bits per heavy atom. The van der Waals surface area contributed by atoms with Crippen molar-refractivity contribution in [2.24, 2.45) is 11.1 Å². The molecule has 2 nitrogen and oxygen atoms in total. The van der Waals surface area contributed by atoms with Gasteiger partial charge in [-0.2, -0.15) is 0 Å². The maximum Gasteiger partial charge on any atom is 0.0870 e. The fourth-order valence-electron chi connectivity index (χ4n) is 3.45. The molecule has 0 aliphatic heterocycles. The second-order valence-electron chi connectivity index (χ2n) is 7.27. The summed E-state index contributed by atoms with van der Waals surface area (Å²) in [6, 6.07) is 6.50. The van der Waals surface area contributed by atoms with E-state index in [0.29, 0.717) is 5.41 Å². The average molecular weight is 275 g/mol. The minimum absolute atomic E-state index is 0.0378. The SMILES string of the molecule is COC1(C(N)c2ccc(C)cc2C)CCC(C)(C)CC1. The summed E-state index contributed by atoms with van der Waals surface area (Å²) in [6.45, 7) is 8.96. The van der Waals surface area contributed by atoms with Crippen molar-refractivity contribution in [2.75, 3.05) is 7.11 Å². The lowest BCUT2D eigenvalue weighted by Crippen LogP contribution is -2.47. The van der Waals surface area contributed by atoms with Crippen LogP contribution in [0.5, 0.6) is 0 Å². The quantitative estimate of drug-likeness (QED) is 0.893. The zero-order chi connectivity index (χ0) is 15.0. The van der Waals surface area contributed by atoms with Gasteiger partial charge in [-0.3, -0.25) is 0 Å². The van der Waals surface area contributed by atoms with Crippen LogP contribution in [0.4, 0.5) is 0 Å². The van der Waals surface area contributed by atoms with E-state index in [9.17, 15) is 0 Å². The van der Waals surface area contributed by atoms with Crippen LogP contribution in [-0.4, -0.2) is 12.7 Å². The van der Waals surface area contributed by atoms with E-state index in [1.165, 1.54) is 29.5 Å². The first-order valence-electron chi connectivity index (χ1n) is 7.68. The molecule has 112 valence electrons. The van der Waals surface area contributed by atoms with Crippen molar-refractivity contribution in [1.29, 1.82) is 0 Å². The van der Waals surface area contributed by atoms with Crippen LogP contribution < -0.4 is 5.73 Å². The molecule has 1 aliphatic rings. The molecule has 1 aromatic carbocycles. The molecule has 20 heavy (non-hydrogen) atoms. The summed E-state index contributed by atoms with van der Waals surface area (Å²) in [6.07, 6.45) is 4.45. The summed E-state index contributed by atoms with van der Waals surface area (Å²) in [7, 11) is 1.82. The maximum absolute atomic E-state index is 6.63. The van der Waals surface area contributed by atoms with Crippen molar-refractivity contribution in [2.45, 2.75) is 65.0 Å². The van der Waals surface area contributed by atoms with Gasteiger partial charge in [0.25, 0.3) is 0 Å². The highest BCUT2D eigenvalue weighted by molar-refractivity contribution is 5.34. The number of hydrogen-bond acceptors (Lipinski definition) is 2. The zero-order valence-electron chi connectivity index (χ0n) is 13.6. The highest BCUT2D eigenvalue weighted by Gasteiger charge is 2.43. The Bertz CT molecular complexity index is 468. The second kappa shape index (κ2) is 5.50. The summed E-state index contributed by atoms with van der Waals surface area (Å²) in [4.78, 5) is 0. The van der Waals surface area contributed by atoms with Crippen molar-refractivity contribution in [1.82, 2.24) is 0 Å². The van der Waals surface area contributed by atoms with Gasteiger partial charge in [0, 0.05) is 7.11 Å². The summed E-state index contributed by atoms with van der Waals surface area (Å²) in [5.74, 6) is 0. The minimum Gasteiger partial charge on any atom is -0.376 e. The number of ether oxygens (including phenoxy) is 1. The molecule has 2 heteroatoms. The van der Waals surface area contributed by atoms with E-state index >= 15 is 0 Å². The van der Waals surface area contributed by atoms with Gasteiger partial charge < -0.3 is 10.5 Å². The Balaban J connectivity index is 2.27. The van der Waals surface area contributed by atoms with E-state index in [0.717, 1.165) is 12.8 Å². The second-order valence-corrected chi connectivity index (χ2v) is 7.27. The fraction of sp³-hybridized carbons (Fsp3) is 0.667. The monoisotopic (exact) mass is 275 g/mol. The molecule has 0 spiro atoms. The van der Waals surface area contributed by atoms with Gasteiger partial charge in [-0.15, -0.1) is 0 Å².